The molecule has 9 heteroatoms. The maximum Gasteiger partial charge on any atom is 0.329 e. The molecule has 0 radical (unpaired) electrons. The number of rotatable bonds is 5. The Morgan fingerprint density at radius 1 is 1.16 bits per heavy atom. The van der Waals surface area contributed by atoms with Gasteiger partial charge in [0.05, 0.1) is 21.7 Å². The topological polar surface area (TPSA) is 95.0 Å². The molecule has 2 heterocycles. The first kappa shape index (κ1) is 20.9. The lowest BCUT2D eigenvalue weighted by Crippen LogP contribution is -2.30. The SMILES string of the molecule is Cc1ccc(NC(=O)Cn2c(=O)n(C(C)C)c3ccc(-c4noc(C)n4)cc32)c(Cl)c1. The van der Waals surface area contributed by atoms with Crippen molar-refractivity contribution in [1.29, 1.82) is 0 Å². The standard InChI is InChI=1S/C22H22ClN5O3/c1-12(2)28-18-8-6-15(21-24-14(4)31-26-21)10-19(18)27(22(28)30)11-20(29)25-17-7-5-13(3)9-16(17)23/h5-10,12H,11H2,1-4H3,(H,25,29). The van der Waals surface area contributed by atoms with Crippen molar-refractivity contribution in [3.8, 4) is 11.4 Å². The van der Waals surface area contributed by atoms with Crippen molar-refractivity contribution in [1.82, 2.24) is 19.3 Å². The number of fused-ring (bicyclic) bond motifs is 1. The quantitative estimate of drug-likeness (QED) is 0.499. The van der Waals surface area contributed by atoms with Gasteiger partial charge in [0.25, 0.3) is 0 Å². The minimum Gasteiger partial charge on any atom is -0.339 e. The molecule has 0 aliphatic carbocycles. The van der Waals surface area contributed by atoms with Crippen molar-refractivity contribution in [2.45, 2.75) is 40.3 Å². The number of anilines is 1. The van der Waals surface area contributed by atoms with Gasteiger partial charge in [-0.05, 0) is 56.7 Å². The molecule has 2 aromatic carbocycles. The smallest absolute Gasteiger partial charge is 0.329 e. The van der Waals surface area contributed by atoms with Crippen LogP contribution in [-0.4, -0.2) is 25.2 Å². The summed E-state index contributed by atoms with van der Waals surface area (Å²) in [5.74, 6) is 0.518. The first-order valence-electron chi connectivity index (χ1n) is 9.86. The van der Waals surface area contributed by atoms with E-state index in [1.807, 2.05) is 39.0 Å². The molecular weight excluding hydrogens is 418 g/mol. The third kappa shape index (κ3) is 3.98. The summed E-state index contributed by atoms with van der Waals surface area (Å²) in [6.07, 6.45) is 0. The van der Waals surface area contributed by atoms with E-state index in [1.54, 1.807) is 29.7 Å². The fraction of sp³-hybridized carbons (Fsp3) is 0.273. The van der Waals surface area contributed by atoms with E-state index in [9.17, 15) is 9.59 Å². The van der Waals surface area contributed by atoms with Gasteiger partial charge in [0.15, 0.2) is 0 Å². The fourth-order valence-electron chi connectivity index (χ4n) is 3.54. The Labute approximate surface area is 183 Å². The molecule has 0 aliphatic rings. The highest BCUT2D eigenvalue weighted by molar-refractivity contribution is 6.33. The third-order valence-corrected chi connectivity index (χ3v) is 5.28. The van der Waals surface area contributed by atoms with Gasteiger partial charge in [-0.1, -0.05) is 22.8 Å². The molecule has 0 bridgehead atoms. The van der Waals surface area contributed by atoms with Crippen LogP contribution >= 0.6 is 11.6 Å². The third-order valence-electron chi connectivity index (χ3n) is 4.97. The molecule has 0 atom stereocenters. The molecule has 0 unspecified atom stereocenters. The Bertz CT molecular complexity index is 1350. The molecule has 8 nitrogen and oxygen atoms in total. The number of nitrogens with zero attached hydrogens (tertiary/aromatic N) is 4. The highest BCUT2D eigenvalue weighted by atomic mass is 35.5. The van der Waals surface area contributed by atoms with Crippen LogP contribution in [0, 0.1) is 13.8 Å². The lowest BCUT2D eigenvalue weighted by Gasteiger charge is -2.09. The van der Waals surface area contributed by atoms with E-state index in [-0.39, 0.29) is 24.2 Å². The molecule has 4 aromatic rings. The Balaban J connectivity index is 1.75. The summed E-state index contributed by atoms with van der Waals surface area (Å²) in [7, 11) is 0. The average molecular weight is 440 g/mol. The lowest BCUT2D eigenvalue weighted by molar-refractivity contribution is -0.116. The van der Waals surface area contributed by atoms with Gasteiger partial charge in [0, 0.05) is 18.5 Å². The molecule has 1 amide bonds. The van der Waals surface area contributed by atoms with Crippen molar-refractivity contribution in [2.75, 3.05) is 5.32 Å². The van der Waals surface area contributed by atoms with E-state index in [0.717, 1.165) is 11.1 Å². The van der Waals surface area contributed by atoms with E-state index in [1.165, 1.54) is 4.57 Å². The van der Waals surface area contributed by atoms with Crippen molar-refractivity contribution < 1.29 is 9.32 Å². The van der Waals surface area contributed by atoms with E-state index >= 15 is 0 Å². The number of aryl methyl sites for hydroxylation is 2. The molecule has 0 aliphatic heterocycles. The van der Waals surface area contributed by atoms with Crippen molar-refractivity contribution >= 4 is 34.2 Å². The summed E-state index contributed by atoms with van der Waals surface area (Å²) in [6.45, 7) is 7.32. The van der Waals surface area contributed by atoms with Crippen LogP contribution in [0.4, 0.5) is 5.69 Å². The van der Waals surface area contributed by atoms with Crippen LogP contribution in [0.25, 0.3) is 22.4 Å². The largest absolute Gasteiger partial charge is 0.339 e. The van der Waals surface area contributed by atoms with Gasteiger partial charge < -0.3 is 9.84 Å². The van der Waals surface area contributed by atoms with E-state index in [0.29, 0.717) is 33.5 Å². The van der Waals surface area contributed by atoms with Crippen LogP contribution in [0.3, 0.4) is 0 Å². The second kappa shape index (κ2) is 8.03. The Morgan fingerprint density at radius 2 is 1.94 bits per heavy atom. The van der Waals surface area contributed by atoms with Gasteiger partial charge in [-0.2, -0.15) is 4.98 Å². The van der Waals surface area contributed by atoms with Crippen molar-refractivity contribution in [2.24, 2.45) is 0 Å². The molecular formula is C22H22ClN5O3. The first-order chi connectivity index (χ1) is 14.7. The van der Waals surface area contributed by atoms with Crippen molar-refractivity contribution in [3.05, 3.63) is 63.4 Å². The van der Waals surface area contributed by atoms with Gasteiger partial charge in [0.2, 0.25) is 17.6 Å². The van der Waals surface area contributed by atoms with Gasteiger partial charge >= 0.3 is 5.69 Å². The zero-order valence-electron chi connectivity index (χ0n) is 17.6. The number of hydrogen-bond donors (Lipinski definition) is 1. The van der Waals surface area contributed by atoms with Crippen molar-refractivity contribution in [3.63, 3.8) is 0 Å². The molecule has 0 saturated carbocycles. The summed E-state index contributed by atoms with van der Waals surface area (Å²) in [5.41, 5.74) is 3.26. The number of benzene rings is 2. The van der Waals surface area contributed by atoms with Crippen LogP contribution < -0.4 is 11.0 Å². The van der Waals surface area contributed by atoms with E-state index in [4.69, 9.17) is 16.1 Å². The number of halogens is 1. The monoisotopic (exact) mass is 439 g/mol. The van der Waals surface area contributed by atoms with Gasteiger partial charge in [0.1, 0.15) is 6.54 Å². The predicted molar refractivity (Wildman–Crippen MR) is 119 cm³/mol. The Kier molecular flexibility index (Phi) is 5.41. The lowest BCUT2D eigenvalue weighted by atomic mass is 10.2. The van der Waals surface area contributed by atoms with Gasteiger partial charge in [-0.15, -0.1) is 0 Å². The predicted octanol–water partition coefficient (Wildman–Crippen LogP) is 4.34. The summed E-state index contributed by atoms with van der Waals surface area (Å²) in [4.78, 5) is 30.2. The van der Waals surface area contributed by atoms with Gasteiger partial charge in [-0.3, -0.25) is 13.9 Å². The number of carbonyl (C=O) groups excluding carboxylic acids is 1. The summed E-state index contributed by atoms with van der Waals surface area (Å²) in [5, 5.41) is 7.18. The van der Waals surface area contributed by atoms with Crippen LogP contribution in [0.2, 0.25) is 5.02 Å². The molecule has 0 saturated heterocycles. The number of aromatic nitrogens is 4. The molecule has 1 N–H and O–H groups in total. The van der Waals surface area contributed by atoms with Crippen LogP contribution in [0.15, 0.2) is 45.7 Å². The minimum atomic E-state index is -0.350. The molecule has 0 fully saturated rings. The minimum absolute atomic E-state index is 0.0795. The molecule has 4 rings (SSSR count). The van der Waals surface area contributed by atoms with E-state index in [2.05, 4.69) is 15.5 Å². The second-order valence-corrected chi connectivity index (χ2v) is 8.11. The zero-order valence-corrected chi connectivity index (χ0v) is 18.4. The number of amides is 1. The summed E-state index contributed by atoms with van der Waals surface area (Å²) in [6, 6.07) is 10.8. The number of nitrogens with one attached hydrogen (secondary N) is 1. The fourth-order valence-corrected chi connectivity index (χ4v) is 3.82. The molecule has 0 spiro atoms. The van der Waals surface area contributed by atoms with Crippen LogP contribution in [-0.2, 0) is 11.3 Å². The molecule has 31 heavy (non-hydrogen) atoms. The van der Waals surface area contributed by atoms with Gasteiger partial charge in [-0.25, -0.2) is 4.79 Å². The Morgan fingerprint density at radius 3 is 2.58 bits per heavy atom. The second-order valence-electron chi connectivity index (χ2n) is 7.70. The van der Waals surface area contributed by atoms with E-state index < -0.39 is 0 Å². The highest BCUT2D eigenvalue weighted by Crippen LogP contribution is 2.25. The summed E-state index contributed by atoms with van der Waals surface area (Å²) < 4.78 is 8.17. The number of imidazole rings is 1. The average Bonchev–Trinajstić information content (AvgIpc) is 3.25. The zero-order chi connectivity index (χ0) is 22.3. The maximum absolute atomic E-state index is 13.2. The highest BCUT2D eigenvalue weighted by Gasteiger charge is 2.19. The Hall–Kier alpha value is -3.39. The first-order valence-corrected chi connectivity index (χ1v) is 10.2. The normalized spacial score (nSPS) is 11.4. The molecule has 2 aromatic heterocycles. The van der Waals surface area contributed by atoms with Crippen LogP contribution in [0.1, 0.15) is 31.3 Å². The summed E-state index contributed by atoms with van der Waals surface area (Å²) >= 11 is 6.23. The number of hydrogen-bond acceptors (Lipinski definition) is 5. The maximum atomic E-state index is 13.2. The van der Waals surface area contributed by atoms with Crippen LogP contribution in [0.5, 0.6) is 0 Å². The molecule has 160 valence electrons. The number of carbonyl (C=O) groups is 1.